The Morgan fingerprint density at radius 2 is 2.33 bits per heavy atom. The van der Waals surface area contributed by atoms with Gasteiger partial charge in [0.1, 0.15) is 18.3 Å². The lowest BCUT2D eigenvalue weighted by Gasteiger charge is -2.20. The van der Waals surface area contributed by atoms with Crippen molar-refractivity contribution < 1.29 is 26.5 Å². The SMILES string of the molecule is [2H]C=CC1(O)O[C@H](CO)[C@@H](O)[C@H]1O. The van der Waals surface area contributed by atoms with E-state index in [-0.39, 0.29) is 0 Å². The van der Waals surface area contributed by atoms with Crippen molar-refractivity contribution in [2.45, 2.75) is 24.1 Å². The van der Waals surface area contributed by atoms with Gasteiger partial charge in [-0.2, -0.15) is 0 Å². The van der Waals surface area contributed by atoms with Gasteiger partial charge in [0.2, 0.25) is 5.79 Å². The van der Waals surface area contributed by atoms with Crippen LogP contribution in [0.25, 0.3) is 0 Å². The maximum absolute atomic E-state index is 9.48. The molecule has 1 heterocycles. The summed E-state index contributed by atoms with van der Waals surface area (Å²) in [6.45, 7) is 0.238. The Balaban J connectivity index is 2.81. The number of ether oxygens (including phenoxy) is 1. The van der Waals surface area contributed by atoms with Gasteiger partial charge in [-0.15, -0.1) is 0 Å². The fourth-order valence-corrected chi connectivity index (χ4v) is 1.11. The average molecular weight is 177 g/mol. The topological polar surface area (TPSA) is 90.2 Å². The van der Waals surface area contributed by atoms with E-state index in [0.717, 1.165) is 12.6 Å². The van der Waals surface area contributed by atoms with Crippen molar-refractivity contribution in [3.63, 3.8) is 0 Å². The monoisotopic (exact) mass is 177 g/mol. The molecule has 0 aromatic carbocycles. The molecule has 5 heteroatoms. The Hall–Kier alpha value is -0.460. The molecule has 1 fully saturated rings. The lowest BCUT2D eigenvalue weighted by atomic mass is 10.1. The molecule has 1 aliphatic heterocycles. The normalized spacial score (nSPS) is 50.0. The predicted molar refractivity (Wildman–Crippen MR) is 39.1 cm³/mol. The molecule has 0 spiro atoms. The van der Waals surface area contributed by atoms with Gasteiger partial charge in [-0.25, -0.2) is 0 Å². The molecule has 70 valence electrons. The molecule has 0 bridgehead atoms. The Bertz CT molecular complexity index is 209. The molecule has 1 aliphatic rings. The molecule has 0 aromatic rings. The number of rotatable bonds is 2. The van der Waals surface area contributed by atoms with E-state index in [1.54, 1.807) is 0 Å². The number of aliphatic hydroxyl groups excluding tert-OH is 3. The molecule has 0 radical (unpaired) electrons. The third-order valence-electron chi connectivity index (χ3n) is 1.89. The van der Waals surface area contributed by atoms with Gasteiger partial charge in [-0.3, -0.25) is 0 Å². The molecular weight excluding hydrogens is 164 g/mol. The van der Waals surface area contributed by atoms with Crippen LogP contribution >= 0.6 is 0 Å². The Morgan fingerprint density at radius 1 is 1.67 bits per heavy atom. The number of aliphatic hydroxyl groups is 4. The van der Waals surface area contributed by atoms with Crippen molar-refractivity contribution in [1.82, 2.24) is 0 Å². The first kappa shape index (κ1) is 8.15. The molecule has 5 nitrogen and oxygen atoms in total. The summed E-state index contributed by atoms with van der Waals surface area (Å²) in [5, 5.41) is 36.7. The lowest BCUT2D eigenvalue weighted by molar-refractivity contribution is -0.195. The molecule has 1 saturated heterocycles. The highest BCUT2D eigenvalue weighted by Gasteiger charge is 2.51. The highest BCUT2D eigenvalue weighted by molar-refractivity contribution is 5.04. The van der Waals surface area contributed by atoms with Crippen LogP contribution in [-0.2, 0) is 4.74 Å². The number of hydrogen-bond donors (Lipinski definition) is 4. The third-order valence-corrected chi connectivity index (χ3v) is 1.89. The second kappa shape index (κ2) is 3.12. The van der Waals surface area contributed by atoms with E-state index in [9.17, 15) is 15.3 Å². The van der Waals surface area contributed by atoms with E-state index < -0.39 is 30.7 Å². The Labute approximate surface area is 70.9 Å². The highest BCUT2D eigenvalue weighted by atomic mass is 16.7. The van der Waals surface area contributed by atoms with Crippen molar-refractivity contribution >= 4 is 0 Å². The van der Waals surface area contributed by atoms with E-state index in [1.165, 1.54) is 0 Å². The van der Waals surface area contributed by atoms with Gasteiger partial charge in [0.05, 0.1) is 7.98 Å². The van der Waals surface area contributed by atoms with Crippen LogP contribution in [-0.4, -0.2) is 51.1 Å². The molecule has 4 atom stereocenters. The van der Waals surface area contributed by atoms with E-state index in [1.807, 2.05) is 0 Å². The van der Waals surface area contributed by atoms with Gasteiger partial charge in [-0.05, 0) is 6.08 Å². The summed E-state index contributed by atoms with van der Waals surface area (Å²) >= 11 is 0. The fraction of sp³-hybridized carbons (Fsp3) is 0.714. The van der Waals surface area contributed by atoms with Crippen LogP contribution in [0.1, 0.15) is 1.37 Å². The standard InChI is InChI=1S/C7H12O5/c1-2-7(11)6(10)5(9)4(3-8)12-7/h2,4-6,8-11H,1,3H2/t4-,5-,6-,7?/m1/s1/i1D. The first-order chi connectivity index (χ1) is 6.05. The summed E-state index contributed by atoms with van der Waals surface area (Å²) in [4.78, 5) is 0. The predicted octanol–water partition coefficient (Wildman–Crippen LogP) is -2.03. The maximum atomic E-state index is 9.48. The molecule has 1 rings (SSSR count). The molecule has 12 heavy (non-hydrogen) atoms. The van der Waals surface area contributed by atoms with Crippen molar-refractivity contribution in [2.75, 3.05) is 6.61 Å². The zero-order chi connectivity index (χ0) is 10.1. The highest BCUT2D eigenvalue weighted by Crippen LogP contribution is 2.29. The van der Waals surface area contributed by atoms with Crippen molar-refractivity contribution in [1.29, 1.82) is 0 Å². The van der Waals surface area contributed by atoms with Crippen molar-refractivity contribution in [3.05, 3.63) is 12.6 Å². The summed E-state index contributed by atoms with van der Waals surface area (Å²) in [5.74, 6) is -2.07. The van der Waals surface area contributed by atoms with Gasteiger partial charge in [0.25, 0.3) is 0 Å². The van der Waals surface area contributed by atoms with Crippen molar-refractivity contribution in [2.24, 2.45) is 0 Å². The molecule has 4 N–H and O–H groups in total. The zero-order valence-corrected chi connectivity index (χ0v) is 6.29. The summed E-state index contributed by atoms with van der Waals surface area (Å²) in [6.07, 6.45) is -3.04. The first-order valence-corrected chi connectivity index (χ1v) is 3.48. The van der Waals surface area contributed by atoms with E-state index in [4.69, 9.17) is 11.2 Å². The minimum atomic E-state index is -2.07. The summed E-state index contributed by atoms with van der Waals surface area (Å²) in [5.41, 5.74) is 0. The molecule has 0 saturated carbocycles. The summed E-state index contributed by atoms with van der Waals surface area (Å²) in [7, 11) is 0. The summed E-state index contributed by atoms with van der Waals surface area (Å²) < 4.78 is 11.5. The second-order valence-corrected chi connectivity index (χ2v) is 2.69. The second-order valence-electron chi connectivity index (χ2n) is 2.69. The first-order valence-electron chi connectivity index (χ1n) is 4.06. The van der Waals surface area contributed by atoms with Crippen LogP contribution in [0.2, 0.25) is 0 Å². The largest absolute Gasteiger partial charge is 0.394 e. The molecule has 1 unspecified atom stereocenters. The Kier molecular flexibility index (Phi) is 2.12. The van der Waals surface area contributed by atoms with Gasteiger partial charge in [0, 0.05) is 0 Å². The lowest BCUT2D eigenvalue weighted by Crippen LogP contribution is -2.41. The van der Waals surface area contributed by atoms with Gasteiger partial charge < -0.3 is 25.2 Å². The van der Waals surface area contributed by atoms with Gasteiger partial charge >= 0.3 is 0 Å². The van der Waals surface area contributed by atoms with E-state index in [0.29, 0.717) is 0 Å². The quantitative estimate of drug-likeness (QED) is 0.365. The van der Waals surface area contributed by atoms with Crippen LogP contribution in [0.4, 0.5) is 0 Å². The smallest absolute Gasteiger partial charge is 0.215 e. The van der Waals surface area contributed by atoms with Crippen LogP contribution in [0, 0.1) is 0 Å². The van der Waals surface area contributed by atoms with Crippen molar-refractivity contribution in [3.8, 4) is 0 Å². The van der Waals surface area contributed by atoms with Crippen LogP contribution in [0.15, 0.2) is 12.6 Å². The molecule has 0 amide bonds. The average Bonchev–Trinajstić information content (AvgIpc) is 2.31. The molecular formula is C7H12O5. The van der Waals surface area contributed by atoms with Crippen LogP contribution < -0.4 is 0 Å². The van der Waals surface area contributed by atoms with Gasteiger partial charge in [-0.1, -0.05) is 6.55 Å². The van der Waals surface area contributed by atoms with Gasteiger partial charge in [0.15, 0.2) is 0 Å². The fourth-order valence-electron chi connectivity index (χ4n) is 1.11. The third kappa shape index (κ3) is 1.26. The van der Waals surface area contributed by atoms with E-state index in [2.05, 4.69) is 0 Å². The molecule has 0 aliphatic carbocycles. The van der Waals surface area contributed by atoms with Crippen LogP contribution in [0.3, 0.4) is 0 Å². The Morgan fingerprint density at radius 3 is 2.75 bits per heavy atom. The molecule has 0 aromatic heterocycles. The minimum absolute atomic E-state index is 0.508. The number of hydrogen-bond acceptors (Lipinski definition) is 5. The minimum Gasteiger partial charge on any atom is -0.394 e. The van der Waals surface area contributed by atoms with E-state index >= 15 is 0 Å². The summed E-state index contributed by atoms with van der Waals surface area (Å²) in [6, 6.07) is 0. The zero-order valence-electron chi connectivity index (χ0n) is 7.29. The maximum Gasteiger partial charge on any atom is 0.215 e. The van der Waals surface area contributed by atoms with Crippen LogP contribution in [0.5, 0.6) is 0 Å².